The van der Waals surface area contributed by atoms with Gasteiger partial charge in [0.15, 0.2) is 11.0 Å². The van der Waals surface area contributed by atoms with E-state index in [1.165, 1.54) is 5.56 Å². The Morgan fingerprint density at radius 3 is 2.41 bits per heavy atom. The molecule has 0 radical (unpaired) electrons. The molecule has 0 spiro atoms. The van der Waals surface area contributed by atoms with Crippen LogP contribution in [0, 0.1) is 13.8 Å². The summed E-state index contributed by atoms with van der Waals surface area (Å²) in [4.78, 5) is 13.1. The van der Waals surface area contributed by atoms with E-state index in [-0.39, 0.29) is 0 Å². The van der Waals surface area contributed by atoms with Crippen molar-refractivity contribution in [3.63, 3.8) is 0 Å². The number of hydrogen-bond donors (Lipinski definition) is 1. The normalized spacial score (nSPS) is 17.7. The van der Waals surface area contributed by atoms with E-state index in [1.807, 2.05) is 0 Å². The lowest BCUT2D eigenvalue weighted by Crippen LogP contribution is -2.47. The Kier molecular flexibility index (Phi) is 4.31. The van der Waals surface area contributed by atoms with Crippen molar-refractivity contribution in [2.24, 2.45) is 0 Å². The third-order valence-electron chi connectivity index (χ3n) is 4.40. The van der Waals surface area contributed by atoms with E-state index in [4.69, 9.17) is 11.6 Å². The maximum absolute atomic E-state index is 6.14. The van der Waals surface area contributed by atoms with Gasteiger partial charge >= 0.3 is 0 Å². The van der Waals surface area contributed by atoms with Crippen molar-refractivity contribution < 1.29 is 0 Å². The highest BCUT2D eigenvalue weighted by atomic mass is 35.5. The number of piperazine rings is 1. The van der Waals surface area contributed by atoms with Gasteiger partial charge < -0.3 is 4.90 Å². The van der Waals surface area contributed by atoms with Gasteiger partial charge in [0.25, 0.3) is 0 Å². The summed E-state index contributed by atoms with van der Waals surface area (Å²) < 4.78 is 0. The van der Waals surface area contributed by atoms with Crippen molar-refractivity contribution in [2.75, 3.05) is 31.1 Å². The Morgan fingerprint density at radius 2 is 1.82 bits per heavy atom. The first-order valence-electron chi connectivity index (χ1n) is 7.55. The molecule has 1 N–H and O–H groups in total. The predicted molar refractivity (Wildman–Crippen MR) is 87.3 cm³/mol. The first kappa shape index (κ1) is 15.2. The van der Waals surface area contributed by atoms with Gasteiger partial charge in [-0.2, -0.15) is 5.10 Å². The Labute approximate surface area is 135 Å². The second-order valence-electron chi connectivity index (χ2n) is 5.72. The number of aromatic amines is 1. The molecule has 0 amide bonds. The monoisotopic (exact) mass is 320 g/mol. The Morgan fingerprint density at radius 1 is 1.14 bits per heavy atom. The Hall–Kier alpha value is -1.66. The van der Waals surface area contributed by atoms with Gasteiger partial charge in [0.1, 0.15) is 0 Å². The minimum atomic E-state index is 0.359. The molecule has 1 aliphatic heterocycles. The summed E-state index contributed by atoms with van der Waals surface area (Å²) in [5, 5.41) is 7.86. The van der Waals surface area contributed by atoms with E-state index in [0.29, 0.717) is 11.2 Å². The summed E-state index contributed by atoms with van der Waals surface area (Å²) in [5.74, 6) is 0.784. The van der Waals surface area contributed by atoms with Crippen LogP contribution in [0.4, 0.5) is 5.82 Å². The molecule has 0 aromatic carbocycles. The van der Waals surface area contributed by atoms with Crippen LogP contribution in [0.25, 0.3) is 0 Å². The van der Waals surface area contributed by atoms with Gasteiger partial charge in [-0.05, 0) is 20.8 Å². The van der Waals surface area contributed by atoms with E-state index >= 15 is 0 Å². The fraction of sp³-hybridized carbons (Fsp3) is 0.533. The van der Waals surface area contributed by atoms with E-state index in [9.17, 15) is 0 Å². The van der Waals surface area contributed by atoms with E-state index in [1.54, 1.807) is 12.4 Å². The van der Waals surface area contributed by atoms with Crippen molar-refractivity contribution in [3.8, 4) is 0 Å². The van der Waals surface area contributed by atoms with Crippen molar-refractivity contribution in [1.29, 1.82) is 0 Å². The van der Waals surface area contributed by atoms with Gasteiger partial charge in [-0.15, -0.1) is 0 Å². The maximum atomic E-state index is 6.14. The molecule has 22 heavy (non-hydrogen) atoms. The van der Waals surface area contributed by atoms with E-state index in [0.717, 1.165) is 43.4 Å². The largest absolute Gasteiger partial charge is 0.351 e. The van der Waals surface area contributed by atoms with Crippen LogP contribution in [0.15, 0.2) is 12.4 Å². The number of aryl methyl sites for hydroxylation is 2. The summed E-state index contributed by atoms with van der Waals surface area (Å²) in [6.07, 6.45) is 3.31. The zero-order valence-electron chi connectivity index (χ0n) is 13.2. The molecule has 0 saturated carbocycles. The SMILES string of the molecule is Cc1n[nH]c(C)c1C(C)N1CCN(c2nccnc2Cl)CC1. The van der Waals surface area contributed by atoms with Crippen molar-refractivity contribution in [2.45, 2.75) is 26.8 Å². The average molecular weight is 321 g/mol. The molecule has 0 aliphatic carbocycles. The van der Waals surface area contributed by atoms with Gasteiger partial charge in [-0.25, -0.2) is 9.97 Å². The molecule has 2 aromatic rings. The van der Waals surface area contributed by atoms with Gasteiger partial charge in [0.05, 0.1) is 5.69 Å². The number of hydrogen-bond acceptors (Lipinski definition) is 5. The van der Waals surface area contributed by atoms with Crippen LogP contribution in [0.2, 0.25) is 5.15 Å². The molecule has 3 heterocycles. The van der Waals surface area contributed by atoms with Crippen molar-refractivity contribution in [1.82, 2.24) is 25.1 Å². The number of nitrogens with one attached hydrogen (secondary N) is 1. The van der Waals surface area contributed by atoms with Gasteiger partial charge in [-0.3, -0.25) is 10.00 Å². The number of halogens is 1. The quantitative estimate of drug-likeness (QED) is 0.940. The molecule has 118 valence electrons. The summed E-state index contributed by atoms with van der Waals surface area (Å²) in [6.45, 7) is 10.1. The van der Waals surface area contributed by atoms with Crippen molar-refractivity contribution >= 4 is 17.4 Å². The summed E-state index contributed by atoms with van der Waals surface area (Å²) in [5.41, 5.74) is 3.56. The smallest absolute Gasteiger partial charge is 0.171 e. The summed E-state index contributed by atoms with van der Waals surface area (Å²) in [6, 6.07) is 0.359. The lowest BCUT2D eigenvalue weighted by Gasteiger charge is -2.38. The zero-order chi connectivity index (χ0) is 15.7. The first-order valence-corrected chi connectivity index (χ1v) is 7.92. The van der Waals surface area contributed by atoms with Crippen LogP contribution in [-0.4, -0.2) is 51.2 Å². The molecule has 6 nitrogen and oxygen atoms in total. The maximum Gasteiger partial charge on any atom is 0.171 e. The van der Waals surface area contributed by atoms with Crippen LogP contribution in [0.3, 0.4) is 0 Å². The predicted octanol–water partition coefficient (Wildman–Crippen LogP) is 2.35. The number of nitrogens with zero attached hydrogens (tertiary/aromatic N) is 5. The number of aromatic nitrogens is 4. The minimum absolute atomic E-state index is 0.359. The lowest BCUT2D eigenvalue weighted by molar-refractivity contribution is 0.197. The highest BCUT2D eigenvalue weighted by Crippen LogP contribution is 2.28. The van der Waals surface area contributed by atoms with Gasteiger partial charge in [0.2, 0.25) is 0 Å². The topological polar surface area (TPSA) is 60.9 Å². The minimum Gasteiger partial charge on any atom is -0.351 e. The first-order chi connectivity index (χ1) is 10.6. The highest BCUT2D eigenvalue weighted by Gasteiger charge is 2.26. The van der Waals surface area contributed by atoms with Gasteiger partial charge in [-0.1, -0.05) is 11.6 Å². The number of H-pyrrole nitrogens is 1. The highest BCUT2D eigenvalue weighted by molar-refractivity contribution is 6.31. The van der Waals surface area contributed by atoms with Crippen LogP contribution < -0.4 is 4.90 Å². The molecule has 1 saturated heterocycles. The second-order valence-corrected chi connectivity index (χ2v) is 6.08. The molecule has 1 atom stereocenters. The average Bonchev–Trinajstić information content (AvgIpc) is 2.86. The van der Waals surface area contributed by atoms with Gasteiger partial charge in [0, 0.05) is 55.9 Å². The van der Waals surface area contributed by atoms with E-state index in [2.05, 4.69) is 50.7 Å². The molecule has 1 unspecified atom stereocenters. The number of anilines is 1. The molecule has 7 heteroatoms. The Bertz CT molecular complexity index is 628. The number of rotatable bonds is 3. The lowest BCUT2D eigenvalue weighted by atomic mass is 10.0. The van der Waals surface area contributed by atoms with Crippen LogP contribution in [-0.2, 0) is 0 Å². The molecule has 1 fully saturated rings. The second kappa shape index (κ2) is 6.22. The van der Waals surface area contributed by atoms with Crippen LogP contribution in [0.5, 0.6) is 0 Å². The van der Waals surface area contributed by atoms with Crippen LogP contribution >= 0.6 is 11.6 Å². The Balaban J connectivity index is 1.68. The summed E-state index contributed by atoms with van der Waals surface area (Å²) in [7, 11) is 0. The molecule has 3 rings (SSSR count). The molecule has 1 aliphatic rings. The molecular weight excluding hydrogens is 300 g/mol. The molecule has 0 bridgehead atoms. The standard InChI is InChI=1S/C15H21ClN6/c1-10-13(11(2)20-19-10)12(3)21-6-8-22(9-7-21)15-14(16)17-4-5-18-15/h4-5,12H,6-9H2,1-3H3,(H,19,20). The molecular formula is C15H21ClN6. The third kappa shape index (κ3) is 2.80. The van der Waals surface area contributed by atoms with Crippen molar-refractivity contribution in [3.05, 3.63) is 34.5 Å². The van der Waals surface area contributed by atoms with E-state index < -0.39 is 0 Å². The van der Waals surface area contributed by atoms with Crippen LogP contribution in [0.1, 0.15) is 29.9 Å². The fourth-order valence-electron chi connectivity index (χ4n) is 3.20. The zero-order valence-corrected chi connectivity index (χ0v) is 13.9. The third-order valence-corrected chi connectivity index (χ3v) is 4.67. The molecule has 2 aromatic heterocycles. The summed E-state index contributed by atoms with van der Waals surface area (Å²) >= 11 is 6.14. The fourth-order valence-corrected chi connectivity index (χ4v) is 3.43.